The van der Waals surface area contributed by atoms with Gasteiger partial charge in [0.15, 0.2) is 5.15 Å². The van der Waals surface area contributed by atoms with E-state index in [9.17, 15) is 15.3 Å². The van der Waals surface area contributed by atoms with Gasteiger partial charge in [-0.2, -0.15) is 15.6 Å². The standard InChI is InChI=1S/C19H14ClF2N5O/c1-11(28)25-18(15-2-3-16(20)27-26-15)4-5-19(21,22)17(18)14-7-12(9-23)6-13(8-14)10-24/h2-3,6-8,17H,4-5H2,1H3,(H,25,28). The minimum atomic E-state index is -3.22. The first-order chi connectivity index (χ1) is 13.2. The third kappa shape index (κ3) is 3.39. The van der Waals surface area contributed by atoms with Crippen LogP contribution in [0.3, 0.4) is 0 Å². The molecule has 3 rings (SSSR count). The average Bonchev–Trinajstić information content (AvgIpc) is 2.92. The first-order valence-corrected chi connectivity index (χ1v) is 8.71. The van der Waals surface area contributed by atoms with E-state index in [4.69, 9.17) is 11.6 Å². The van der Waals surface area contributed by atoms with Crippen LogP contribution in [0.1, 0.15) is 48.1 Å². The predicted octanol–water partition coefficient (Wildman–Crippen LogP) is 3.42. The normalized spacial score (nSPS) is 22.9. The molecule has 2 atom stereocenters. The highest BCUT2D eigenvalue weighted by Gasteiger charge is 2.61. The minimum Gasteiger partial charge on any atom is -0.344 e. The molecule has 0 radical (unpaired) electrons. The predicted molar refractivity (Wildman–Crippen MR) is 95.3 cm³/mol. The second-order valence-electron chi connectivity index (χ2n) is 6.66. The van der Waals surface area contributed by atoms with Crippen molar-refractivity contribution >= 4 is 17.5 Å². The summed E-state index contributed by atoms with van der Waals surface area (Å²) in [5, 5.41) is 28.9. The lowest BCUT2D eigenvalue weighted by molar-refractivity contribution is -0.121. The van der Waals surface area contributed by atoms with Crippen molar-refractivity contribution in [1.29, 1.82) is 10.5 Å². The highest BCUT2D eigenvalue weighted by atomic mass is 35.5. The van der Waals surface area contributed by atoms with Crippen LogP contribution in [0.15, 0.2) is 30.3 Å². The maximum absolute atomic E-state index is 15.1. The molecule has 142 valence electrons. The molecule has 2 unspecified atom stereocenters. The summed E-state index contributed by atoms with van der Waals surface area (Å²) < 4.78 is 30.2. The van der Waals surface area contributed by atoms with E-state index < -0.39 is 29.7 Å². The van der Waals surface area contributed by atoms with Gasteiger partial charge in [0.1, 0.15) is 0 Å². The topological polar surface area (TPSA) is 102 Å². The van der Waals surface area contributed by atoms with Gasteiger partial charge in [-0.25, -0.2) is 8.78 Å². The van der Waals surface area contributed by atoms with Crippen LogP contribution in [0.5, 0.6) is 0 Å². The van der Waals surface area contributed by atoms with Crippen molar-refractivity contribution in [2.75, 3.05) is 0 Å². The fourth-order valence-corrected chi connectivity index (χ4v) is 3.93. The lowest BCUT2D eigenvalue weighted by Crippen LogP contribution is -2.50. The summed E-state index contributed by atoms with van der Waals surface area (Å²) >= 11 is 5.78. The van der Waals surface area contributed by atoms with Crippen LogP contribution in [0.2, 0.25) is 5.15 Å². The van der Waals surface area contributed by atoms with Crippen molar-refractivity contribution in [3.63, 3.8) is 0 Å². The number of nitriles is 2. The highest BCUT2D eigenvalue weighted by Crippen LogP contribution is 2.57. The van der Waals surface area contributed by atoms with Gasteiger partial charge in [0.2, 0.25) is 5.91 Å². The second kappa shape index (κ2) is 7.14. The number of hydrogen-bond acceptors (Lipinski definition) is 5. The molecule has 6 nitrogen and oxygen atoms in total. The van der Waals surface area contributed by atoms with Crippen molar-refractivity contribution in [2.24, 2.45) is 0 Å². The molecule has 1 amide bonds. The number of carbonyl (C=O) groups excluding carboxylic acids is 1. The van der Waals surface area contributed by atoms with Crippen LogP contribution in [0, 0.1) is 22.7 Å². The molecule has 1 aromatic carbocycles. The van der Waals surface area contributed by atoms with Gasteiger partial charge in [-0.05, 0) is 42.3 Å². The quantitative estimate of drug-likeness (QED) is 0.848. The maximum atomic E-state index is 15.1. The molecule has 1 aliphatic rings. The van der Waals surface area contributed by atoms with Gasteiger partial charge in [-0.15, -0.1) is 5.10 Å². The Hall–Kier alpha value is -3.10. The number of alkyl halides is 2. The summed E-state index contributed by atoms with van der Waals surface area (Å²) in [5.74, 6) is -5.28. The van der Waals surface area contributed by atoms with Crippen LogP contribution < -0.4 is 5.32 Å². The number of benzene rings is 1. The molecule has 1 aromatic heterocycles. The third-order valence-electron chi connectivity index (χ3n) is 4.80. The Morgan fingerprint density at radius 2 is 1.82 bits per heavy atom. The zero-order valence-electron chi connectivity index (χ0n) is 14.7. The van der Waals surface area contributed by atoms with Gasteiger partial charge < -0.3 is 5.32 Å². The van der Waals surface area contributed by atoms with Crippen molar-refractivity contribution in [3.8, 4) is 12.1 Å². The first kappa shape index (κ1) is 19.7. The van der Waals surface area contributed by atoms with E-state index in [1.807, 2.05) is 12.1 Å². The highest BCUT2D eigenvalue weighted by molar-refractivity contribution is 6.29. The van der Waals surface area contributed by atoms with Gasteiger partial charge in [0.05, 0.1) is 40.4 Å². The minimum absolute atomic E-state index is 0.0728. The molecule has 9 heteroatoms. The summed E-state index contributed by atoms with van der Waals surface area (Å²) in [4.78, 5) is 11.9. The molecule has 2 aromatic rings. The lowest BCUT2D eigenvalue weighted by atomic mass is 9.77. The average molecular weight is 402 g/mol. The van der Waals surface area contributed by atoms with E-state index >= 15 is 8.78 Å². The summed E-state index contributed by atoms with van der Waals surface area (Å²) in [5.41, 5.74) is -1.20. The van der Waals surface area contributed by atoms with E-state index in [0.717, 1.165) is 0 Å². The van der Waals surface area contributed by atoms with Crippen molar-refractivity contribution in [2.45, 2.75) is 37.1 Å². The van der Waals surface area contributed by atoms with Crippen LogP contribution in [0.25, 0.3) is 0 Å². The number of carbonyl (C=O) groups is 1. The van der Waals surface area contributed by atoms with E-state index in [2.05, 4.69) is 15.5 Å². The molecule has 1 aliphatic carbocycles. The van der Waals surface area contributed by atoms with Crippen LogP contribution in [0.4, 0.5) is 8.78 Å². The van der Waals surface area contributed by atoms with E-state index in [-0.39, 0.29) is 34.0 Å². The van der Waals surface area contributed by atoms with E-state index in [0.29, 0.717) is 0 Å². The molecule has 1 heterocycles. The summed E-state index contributed by atoms with van der Waals surface area (Å²) in [7, 11) is 0. The Bertz CT molecular complexity index is 980. The fraction of sp³-hybridized carbons (Fsp3) is 0.316. The zero-order valence-corrected chi connectivity index (χ0v) is 15.5. The van der Waals surface area contributed by atoms with Crippen molar-refractivity contribution < 1.29 is 13.6 Å². The van der Waals surface area contributed by atoms with Gasteiger partial charge in [0.25, 0.3) is 5.92 Å². The molecule has 0 bridgehead atoms. The molecule has 0 spiro atoms. The molecule has 0 saturated heterocycles. The number of rotatable bonds is 3. The molecule has 1 saturated carbocycles. The van der Waals surface area contributed by atoms with Crippen molar-refractivity contribution in [1.82, 2.24) is 15.5 Å². The van der Waals surface area contributed by atoms with Crippen molar-refractivity contribution in [3.05, 3.63) is 57.9 Å². The van der Waals surface area contributed by atoms with Crippen LogP contribution in [-0.2, 0) is 10.3 Å². The number of nitrogens with one attached hydrogen (secondary N) is 1. The Labute approximate surface area is 164 Å². The Kier molecular flexibility index (Phi) is 5.01. The Morgan fingerprint density at radius 3 is 2.32 bits per heavy atom. The number of amides is 1. The van der Waals surface area contributed by atoms with Crippen LogP contribution in [-0.4, -0.2) is 22.0 Å². The van der Waals surface area contributed by atoms with E-state index in [1.54, 1.807) is 0 Å². The lowest BCUT2D eigenvalue weighted by Gasteiger charge is -2.37. The largest absolute Gasteiger partial charge is 0.344 e. The van der Waals surface area contributed by atoms with Gasteiger partial charge >= 0.3 is 0 Å². The second-order valence-corrected chi connectivity index (χ2v) is 7.04. The number of halogens is 3. The summed E-state index contributed by atoms with van der Waals surface area (Å²) in [6.45, 7) is 1.23. The molecular formula is C19H14ClF2N5O. The van der Waals surface area contributed by atoms with Crippen LogP contribution >= 0.6 is 11.6 Å². The summed E-state index contributed by atoms with van der Waals surface area (Å²) in [6.07, 6.45) is -0.611. The number of aromatic nitrogens is 2. The zero-order chi connectivity index (χ0) is 20.5. The van der Waals surface area contributed by atoms with Gasteiger partial charge in [-0.3, -0.25) is 4.79 Å². The molecule has 28 heavy (non-hydrogen) atoms. The third-order valence-corrected chi connectivity index (χ3v) is 5.00. The monoisotopic (exact) mass is 401 g/mol. The summed E-state index contributed by atoms with van der Waals surface area (Å²) in [6, 6.07) is 10.6. The Morgan fingerprint density at radius 1 is 1.18 bits per heavy atom. The number of hydrogen-bond donors (Lipinski definition) is 1. The SMILES string of the molecule is CC(=O)NC1(c2ccc(Cl)nn2)CCC(F)(F)C1c1cc(C#N)cc(C#N)c1. The smallest absolute Gasteiger partial charge is 0.257 e. The maximum Gasteiger partial charge on any atom is 0.257 e. The molecular weight excluding hydrogens is 388 g/mol. The first-order valence-electron chi connectivity index (χ1n) is 8.33. The Balaban J connectivity index is 2.27. The number of nitrogens with zero attached hydrogens (tertiary/aromatic N) is 4. The molecule has 0 aliphatic heterocycles. The molecule has 1 N–H and O–H groups in total. The van der Waals surface area contributed by atoms with Gasteiger partial charge in [0, 0.05) is 13.3 Å². The van der Waals surface area contributed by atoms with Gasteiger partial charge in [-0.1, -0.05) is 11.6 Å². The fourth-order valence-electron chi connectivity index (χ4n) is 3.83. The van der Waals surface area contributed by atoms with E-state index in [1.165, 1.54) is 37.3 Å². The molecule has 1 fully saturated rings.